The number of fused-ring (bicyclic) bond motifs is 2. The molecule has 0 saturated heterocycles. The first-order valence-electron chi connectivity index (χ1n) is 8.50. The van der Waals surface area contributed by atoms with Crippen molar-refractivity contribution in [3.8, 4) is 11.5 Å². The van der Waals surface area contributed by atoms with Crippen LogP contribution >= 0.6 is 0 Å². The van der Waals surface area contributed by atoms with E-state index in [-0.39, 0.29) is 0 Å². The first kappa shape index (κ1) is 17.9. The van der Waals surface area contributed by atoms with E-state index < -0.39 is 5.91 Å². The van der Waals surface area contributed by atoms with Gasteiger partial charge in [-0.05, 0) is 36.9 Å². The molecular weight excluding hydrogens is 332 g/mol. The molecule has 7 nitrogen and oxygen atoms in total. The summed E-state index contributed by atoms with van der Waals surface area (Å²) in [6.45, 7) is 4.57. The van der Waals surface area contributed by atoms with Crippen molar-refractivity contribution in [2.24, 2.45) is 4.99 Å². The molecule has 7 heteroatoms. The van der Waals surface area contributed by atoms with Crippen LogP contribution in [0.25, 0.3) is 0 Å². The van der Waals surface area contributed by atoms with E-state index in [9.17, 15) is 4.79 Å². The van der Waals surface area contributed by atoms with Crippen LogP contribution in [-0.2, 0) is 0 Å². The molecule has 26 heavy (non-hydrogen) atoms. The number of hydrogen-bond donors (Lipinski definition) is 3. The van der Waals surface area contributed by atoms with Crippen LogP contribution in [0.3, 0.4) is 0 Å². The highest BCUT2D eigenvalue weighted by Gasteiger charge is 2.21. The molecule has 136 valence electrons. The second kappa shape index (κ2) is 7.99. The van der Waals surface area contributed by atoms with Gasteiger partial charge in [0, 0.05) is 25.7 Å². The zero-order valence-corrected chi connectivity index (χ0v) is 14.8. The van der Waals surface area contributed by atoms with Crippen molar-refractivity contribution in [2.75, 3.05) is 26.7 Å². The molecule has 3 N–H and O–H groups in total. The van der Waals surface area contributed by atoms with Crippen LogP contribution < -0.4 is 15.5 Å². The van der Waals surface area contributed by atoms with Gasteiger partial charge < -0.3 is 15.0 Å². The maximum absolute atomic E-state index is 11.7. The lowest BCUT2D eigenvalue weighted by atomic mass is 10.1. The fourth-order valence-corrected chi connectivity index (χ4v) is 2.75. The van der Waals surface area contributed by atoms with Gasteiger partial charge in [-0.15, -0.1) is 0 Å². The second-order valence-electron chi connectivity index (χ2n) is 5.93. The second-order valence-corrected chi connectivity index (χ2v) is 5.93. The third-order valence-corrected chi connectivity index (χ3v) is 4.13. The lowest BCUT2D eigenvalue weighted by Crippen LogP contribution is -2.34. The smallest absolute Gasteiger partial charge is 0.274 e. The number of nitrogens with one attached hydrogen (secondary N) is 2. The van der Waals surface area contributed by atoms with Crippen LogP contribution in [0.15, 0.2) is 47.5 Å². The van der Waals surface area contributed by atoms with Gasteiger partial charge in [-0.2, -0.15) is 0 Å². The van der Waals surface area contributed by atoms with Crippen molar-refractivity contribution in [1.29, 1.82) is 0 Å². The minimum absolute atomic E-state index is 0.305. The average molecular weight is 354 g/mol. The Bertz CT molecular complexity index is 835. The highest BCUT2D eigenvalue weighted by Crippen LogP contribution is 2.38. The minimum Gasteiger partial charge on any atom is -0.454 e. The van der Waals surface area contributed by atoms with Crippen molar-refractivity contribution >= 4 is 17.4 Å². The fourth-order valence-electron chi connectivity index (χ4n) is 2.75. The summed E-state index contributed by atoms with van der Waals surface area (Å²) in [7, 11) is 1.97. The number of likely N-dealkylation sites (N-methyl/N-ethyl adjacent to an activating group) is 2. The molecule has 0 spiro atoms. The number of carbonyl (C=O) groups excluding carboxylic acids is 1. The Hall–Kier alpha value is -2.90. The Kier molecular flexibility index (Phi) is 5.50. The minimum atomic E-state index is -0.591. The van der Waals surface area contributed by atoms with Gasteiger partial charge in [-0.25, -0.2) is 10.5 Å². The number of amides is 1. The average Bonchev–Trinajstić information content (AvgIpc) is 2.83. The van der Waals surface area contributed by atoms with Gasteiger partial charge in [0.05, 0.1) is 5.56 Å². The lowest BCUT2D eigenvalue weighted by molar-refractivity contribution is 0.0706. The number of ether oxygens (including phenoxy) is 1. The molecule has 0 fully saturated rings. The van der Waals surface area contributed by atoms with Gasteiger partial charge >= 0.3 is 0 Å². The summed E-state index contributed by atoms with van der Waals surface area (Å²) in [6.07, 6.45) is 0. The molecule has 1 aliphatic heterocycles. The zero-order valence-electron chi connectivity index (χ0n) is 14.8. The van der Waals surface area contributed by atoms with E-state index in [4.69, 9.17) is 14.9 Å². The molecule has 0 bridgehead atoms. The van der Waals surface area contributed by atoms with Gasteiger partial charge in [0.2, 0.25) is 0 Å². The molecule has 0 radical (unpaired) electrons. The van der Waals surface area contributed by atoms with Crippen molar-refractivity contribution in [3.05, 3.63) is 53.6 Å². The van der Waals surface area contributed by atoms with Crippen LogP contribution in [-0.4, -0.2) is 48.5 Å². The number of para-hydroxylation sites is 1. The van der Waals surface area contributed by atoms with Crippen molar-refractivity contribution in [1.82, 2.24) is 15.7 Å². The first-order valence-corrected chi connectivity index (χ1v) is 8.50. The molecule has 0 aromatic heterocycles. The van der Waals surface area contributed by atoms with E-state index >= 15 is 0 Å². The summed E-state index contributed by atoms with van der Waals surface area (Å²) in [5.74, 6) is 1.44. The Morgan fingerprint density at radius 3 is 2.81 bits per heavy atom. The summed E-state index contributed by atoms with van der Waals surface area (Å²) in [6, 6.07) is 12.6. The molecule has 3 rings (SSSR count). The lowest BCUT2D eigenvalue weighted by Gasteiger charge is -2.21. The molecule has 2 aromatic rings. The number of nitrogens with zero attached hydrogens (tertiary/aromatic N) is 2. The largest absolute Gasteiger partial charge is 0.454 e. The molecule has 0 aliphatic carbocycles. The molecule has 1 amide bonds. The SMILES string of the molecule is CCNCCN(C)C1=Nc2cc(C(=O)NO)ccc2Oc2ccccc21. The normalized spacial score (nSPS) is 12.2. The van der Waals surface area contributed by atoms with Gasteiger partial charge in [-0.3, -0.25) is 10.0 Å². The summed E-state index contributed by atoms with van der Waals surface area (Å²) in [5, 5.41) is 12.2. The number of hydrogen-bond acceptors (Lipinski definition) is 6. The van der Waals surface area contributed by atoms with Gasteiger partial charge in [-0.1, -0.05) is 19.1 Å². The molecular formula is C19H22N4O3. The van der Waals surface area contributed by atoms with Crippen LogP contribution in [0, 0.1) is 0 Å². The van der Waals surface area contributed by atoms with Gasteiger partial charge in [0.25, 0.3) is 5.91 Å². The molecule has 1 aliphatic rings. The number of aliphatic imine (C=N–C) groups is 1. The quantitative estimate of drug-likeness (QED) is 0.436. The topological polar surface area (TPSA) is 86.2 Å². The predicted octanol–water partition coefficient (Wildman–Crippen LogP) is 2.53. The third-order valence-electron chi connectivity index (χ3n) is 4.13. The van der Waals surface area contributed by atoms with E-state index in [1.807, 2.05) is 31.3 Å². The summed E-state index contributed by atoms with van der Waals surface area (Å²) >= 11 is 0. The maximum Gasteiger partial charge on any atom is 0.274 e. The fraction of sp³-hybridized carbons (Fsp3) is 0.263. The van der Waals surface area contributed by atoms with Gasteiger partial charge in [0.1, 0.15) is 17.3 Å². The molecule has 0 saturated carbocycles. The number of carbonyl (C=O) groups is 1. The zero-order chi connectivity index (χ0) is 18.5. The Labute approximate surface area is 152 Å². The van der Waals surface area contributed by atoms with E-state index in [2.05, 4.69) is 17.1 Å². The van der Waals surface area contributed by atoms with Crippen molar-refractivity contribution in [3.63, 3.8) is 0 Å². The van der Waals surface area contributed by atoms with Crippen molar-refractivity contribution < 1.29 is 14.7 Å². The summed E-state index contributed by atoms with van der Waals surface area (Å²) in [5.41, 5.74) is 3.37. The predicted molar refractivity (Wildman–Crippen MR) is 99.6 cm³/mol. The van der Waals surface area contributed by atoms with Crippen LogP contribution in [0.5, 0.6) is 11.5 Å². The molecule has 2 aromatic carbocycles. The Morgan fingerprint density at radius 1 is 1.23 bits per heavy atom. The van der Waals surface area contributed by atoms with Crippen molar-refractivity contribution in [2.45, 2.75) is 6.92 Å². The van der Waals surface area contributed by atoms with Gasteiger partial charge in [0.15, 0.2) is 5.75 Å². The highest BCUT2D eigenvalue weighted by molar-refractivity contribution is 6.04. The van der Waals surface area contributed by atoms with E-state index in [0.29, 0.717) is 22.7 Å². The summed E-state index contributed by atoms with van der Waals surface area (Å²) in [4.78, 5) is 18.5. The molecule has 1 heterocycles. The first-order chi connectivity index (χ1) is 12.6. The standard InChI is InChI=1S/C19H22N4O3/c1-3-20-10-11-23(2)18-14-6-4-5-7-16(14)26-17-9-8-13(19(24)22-25)12-15(17)21-18/h4-9,12,20,25H,3,10-11H2,1-2H3,(H,22,24). The van der Waals surface area contributed by atoms with E-state index in [0.717, 1.165) is 31.0 Å². The number of hydroxylamine groups is 1. The Balaban J connectivity index is 2.04. The molecule has 0 atom stereocenters. The van der Waals surface area contributed by atoms with E-state index in [1.165, 1.54) is 0 Å². The monoisotopic (exact) mass is 354 g/mol. The van der Waals surface area contributed by atoms with Crippen LogP contribution in [0.2, 0.25) is 0 Å². The summed E-state index contributed by atoms with van der Waals surface area (Å²) < 4.78 is 6.03. The highest BCUT2D eigenvalue weighted by atomic mass is 16.5. The van der Waals surface area contributed by atoms with Crippen LogP contribution in [0.4, 0.5) is 5.69 Å². The van der Waals surface area contributed by atoms with Crippen LogP contribution in [0.1, 0.15) is 22.8 Å². The van der Waals surface area contributed by atoms with E-state index in [1.54, 1.807) is 23.7 Å². The third kappa shape index (κ3) is 3.68. The Morgan fingerprint density at radius 2 is 2.04 bits per heavy atom. The number of amidine groups is 1. The number of benzene rings is 2. The molecule has 0 unspecified atom stereocenters. The number of rotatable bonds is 5. The maximum atomic E-state index is 11.7.